The Hall–Kier alpha value is -1.82. The molecule has 19 heavy (non-hydrogen) atoms. The molecule has 0 amide bonds. The number of aryl methyl sites for hydroxylation is 1. The van der Waals surface area contributed by atoms with E-state index in [-0.39, 0.29) is 4.88 Å². The normalized spacial score (nSPS) is 10.6. The summed E-state index contributed by atoms with van der Waals surface area (Å²) >= 11 is 1.29. The van der Waals surface area contributed by atoms with Gasteiger partial charge in [0.2, 0.25) is 0 Å². The van der Waals surface area contributed by atoms with Crippen LogP contribution in [0.5, 0.6) is 5.75 Å². The maximum Gasteiger partial charge on any atom is 0.349 e. The lowest BCUT2D eigenvalue weighted by Crippen LogP contribution is -2.09. The highest BCUT2D eigenvalue weighted by atomic mass is 32.1. The van der Waals surface area contributed by atoms with Crippen molar-refractivity contribution < 1.29 is 14.6 Å². The Morgan fingerprint density at radius 3 is 3.05 bits per heavy atom. The standard InChI is InChI=1S/C13H16N2O3S/c1-2-4-10-9-11(12(19-10)13(16)17)18-8-7-15-6-3-5-14-15/h3,5-6,9H,2,4,7-8H2,1H3,(H,16,17). The van der Waals surface area contributed by atoms with E-state index in [1.165, 1.54) is 11.3 Å². The fraction of sp³-hybridized carbons (Fsp3) is 0.385. The van der Waals surface area contributed by atoms with Crippen molar-refractivity contribution in [3.8, 4) is 5.75 Å². The van der Waals surface area contributed by atoms with E-state index in [2.05, 4.69) is 12.0 Å². The van der Waals surface area contributed by atoms with Crippen molar-refractivity contribution in [2.24, 2.45) is 0 Å². The predicted molar refractivity (Wildman–Crippen MR) is 73.0 cm³/mol. The number of hydrogen-bond donors (Lipinski definition) is 1. The summed E-state index contributed by atoms with van der Waals surface area (Å²) in [4.78, 5) is 12.5. The lowest BCUT2D eigenvalue weighted by Gasteiger charge is -2.05. The lowest BCUT2D eigenvalue weighted by atomic mass is 10.3. The highest BCUT2D eigenvalue weighted by molar-refractivity contribution is 7.14. The highest BCUT2D eigenvalue weighted by Crippen LogP contribution is 2.30. The summed E-state index contributed by atoms with van der Waals surface area (Å²) in [5.74, 6) is -0.463. The van der Waals surface area contributed by atoms with Crippen molar-refractivity contribution >= 4 is 17.3 Å². The molecule has 2 aromatic rings. The van der Waals surface area contributed by atoms with E-state index in [1.807, 2.05) is 18.3 Å². The number of nitrogens with zero attached hydrogens (tertiary/aromatic N) is 2. The van der Waals surface area contributed by atoms with Crippen LogP contribution in [0.15, 0.2) is 24.5 Å². The molecule has 102 valence electrons. The van der Waals surface area contributed by atoms with Gasteiger partial charge in [0.05, 0.1) is 6.54 Å². The fourth-order valence-corrected chi connectivity index (χ4v) is 2.77. The minimum absolute atomic E-state index is 0.281. The molecule has 6 heteroatoms. The number of thiophene rings is 1. The third kappa shape index (κ3) is 3.57. The van der Waals surface area contributed by atoms with Crippen molar-refractivity contribution in [3.63, 3.8) is 0 Å². The van der Waals surface area contributed by atoms with Crippen LogP contribution in [0.4, 0.5) is 0 Å². The average molecular weight is 280 g/mol. The summed E-state index contributed by atoms with van der Waals surface area (Å²) in [5, 5.41) is 13.2. The van der Waals surface area contributed by atoms with Gasteiger partial charge in [-0.05, 0) is 18.6 Å². The number of aromatic carboxylic acids is 1. The molecule has 1 N–H and O–H groups in total. The van der Waals surface area contributed by atoms with Gasteiger partial charge < -0.3 is 9.84 Å². The second-order valence-electron chi connectivity index (χ2n) is 4.08. The van der Waals surface area contributed by atoms with Gasteiger partial charge in [-0.25, -0.2) is 4.79 Å². The zero-order valence-corrected chi connectivity index (χ0v) is 11.5. The number of aromatic nitrogens is 2. The molecule has 0 atom stereocenters. The molecular weight excluding hydrogens is 264 g/mol. The predicted octanol–water partition coefficient (Wildman–Crippen LogP) is 2.67. The first-order chi connectivity index (χ1) is 9.20. The first-order valence-corrected chi connectivity index (χ1v) is 6.98. The first kappa shape index (κ1) is 13.6. The van der Waals surface area contributed by atoms with E-state index in [0.717, 1.165) is 17.7 Å². The van der Waals surface area contributed by atoms with E-state index in [4.69, 9.17) is 9.84 Å². The maximum absolute atomic E-state index is 11.1. The minimum atomic E-state index is -0.929. The summed E-state index contributed by atoms with van der Waals surface area (Å²) in [6.07, 6.45) is 5.42. The van der Waals surface area contributed by atoms with Gasteiger partial charge in [-0.15, -0.1) is 11.3 Å². The molecule has 0 unspecified atom stereocenters. The van der Waals surface area contributed by atoms with Crippen LogP contribution >= 0.6 is 11.3 Å². The second-order valence-corrected chi connectivity index (χ2v) is 5.22. The minimum Gasteiger partial charge on any atom is -0.490 e. The Bertz CT molecular complexity index is 534. The molecule has 5 nitrogen and oxygen atoms in total. The van der Waals surface area contributed by atoms with Crippen LogP contribution < -0.4 is 4.74 Å². The quantitative estimate of drug-likeness (QED) is 0.847. The Balaban J connectivity index is 1.99. The molecule has 0 aliphatic carbocycles. The van der Waals surface area contributed by atoms with E-state index >= 15 is 0 Å². The third-order valence-electron chi connectivity index (χ3n) is 2.58. The second kappa shape index (κ2) is 6.38. The molecule has 0 aliphatic heterocycles. The number of rotatable bonds is 7. The van der Waals surface area contributed by atoms with Crippen LogP contribution in [0.25, 0.3) is 0 Å². The molecule has 0 saturated carbocycles. The van der Waals surface area contributed by atoms with E-state index in [0.29, 0.717) is 18.9 Å². The van der Waals surface area contributed by atoms with Gasteiger partial charge in [0.1, 0.15) is 12.4 Å². The summed E-state index contributed by atoms with van der Waals surface area (Å²) in [6.45, 7) is 3.08. The Morgan fingerprint density at radius 1 is 1.58 bits per heavy atom. The van der Waals surface area contributed by atoms with Crippen molar-refractivity contribution in [2.45, 2.75) is 26.3 Å². The summed E-state index contributed by atoms with van der Waals surface area (Å²) in [7, 11) is 0. The summed E-state index contributed by atoms with van der Waals surface area (Å²) < 4.78 is 7.32. The zero-order valence-electron chi connectivity index (χ0n) is 10.7. The SMILES string of the molecule is CCCc1cc(OCCn2cccn2)c(C(=O)O)s1. The number of ether oxygens (including phenoxy) is 1. The van der Waals surface area contributed by atoms with Gasteiger partial charge in [0, 0.05) is 17.3 Å². The molecule has 0 fully saturated rings. The van der Waals surface area contributed by atoms with E-state index < -0.39 is 5.97 Å². The molecule has 0 spiro atoms. The van der Waals surface area contributed by atoms with Gasteiger partial charge in [-0.2, -0.15) is 5.10 Å². The van der Waals surface area contributed by atoms with Crippen LogP contribution in [-0.4, -0.2) is 27.5 Å². The van der Waals surface area contributed by atoms with Crippen molar-refractivity contribution in [1.82, 2.24) is 9.78 Å². The molecule has 2 rings (SSSR count). The monoisotopic (exact) mass is 280 g/mol. The van der Waals surface area contributed by atoms with Crippen LogP contribution in [0, 0.1) is 0 Å². The number of carboxylic acids is 1. The maximum atomic E-state index is 11.1. The lowest BCUT2D eigenvalue weighted by molar-refractivity contribution is 0.0698. The van der Waals surface area contributed by atoms with Gasteiger partial charge >= 0.3 is 5.97 Å². The molecule has 2 heterocycles. The topological polar surface area (TPSA) is 64.4 Å². The van der Waals surface area contributed by atoms with Crippen molar-refractivity contribution in [2.75, 3.05) is 6.61 Å². The van der Waals surface area contributed by atoms with Crippen molar-refractivity contribution in [3.05, 3.63) is 34.3 Å². The molecule has 0 aliphatic rings. The fourth-order valence-electron chi connectivity index (χ4n) is 1.73. The molecule has 2 aromatic heterocycles. The molecular formula is C13H16N2O3S. The largest absolute Gasteiger partial charge is 0.490 e. The molecule has 0 aromatic carbocycles. The van der Waals surface area contributed by atoms with Crippen LogP contribution in [0.2, 0.25) is 0 Å². The van der Waals surface area contributed by atoms with Gasteiger partial charge in [-0.3, -0.25) is 4.68 Å². The summed E-state index contributed by atoms with van der Waals surface area (Å²) in [5.41, 5.74) is 0. The summed E-state index contributed by atoms with van der Waals surface area (Å²) in [6, 6.07) is 3.67. The molecule has 0 saturated heterocycles. The highest BCUT2D eigenvalue weighted by Gasteiger charge is 2.16. The van der Waals surface area contributed by atoms with Gasteiger partial charge in [-0.1, -0.05) is 13.3 Å². The number of carbonyl (C=O) groups is 1. The molecule has 0 radical (unpaired) electrons. The average Bonchev–Trinajstić information content (AvgIpc) is 2.99. The van der Waals surface area contributed by atoms with Crippen LogP contribution in [0.3, 0.4) is 0 Å². The van der Waals surface area contributed by atoms with Crippen molar-refractivity contribution in [1.29, 1.82) is 0 Å². The van der Waals surface area contributed by atoms with Gasteiger partial charge in [0.15, 0.2) is 4.88 Å². The third-order valence-corrected chi connectivity index (χ3v) is 3.74. The smallest absolute Gasteiger partial charge is 0.349 e. The molecule has 0 bridgehead atoms. The zero-order chi connectivity index (χ0) is 13.7. The van der Waals surface area contributed by atoms with E-state index in [1.54, 1.807) is 10.9 Å². The Kier molecular flexibility index (Phi) is 4.57. The van der Waals surface area contributed by atoms with E-state index in [9.17, 15) is 4.79 Å². The Labute approximate surface area is 115 Å². The van der Waals surface area contributed by atoms with Crippen LogP contribution in [0.1, 0.15) is 27.9 Å². The van der Waals surface area contributed by atoms with Gasteiger partial charge in [0.25, 0.3) is 0 Å². The van der Waals surface area contributed by atoms with Crippen LogP contribution in [-0.2, 0) is 13.0 Å². The number of hydrogen-bond acceptors (Lipinski definition) is 4. The Morgan fingerprint density at radius 2 is 2.42 bits per heavy atom. The number of carboxylic acid groups (broad SMARTS) is 1. The first-order valence-electron chi connectivity index (χ1n) is 6.17.